The summed E-state index contributed by atoms with van der Waals surface area (Å²) in [5, 5.41) is 5.42. The summed E-state index contributed by atoms with van der Waals surface area (Å²) in [6, 6.07) is 12.3. The first-order chi connectivity index (χ1) is 13.7. The largest absolute Gasteiger partial charge is 0.348 e. The average Bonchev–Trinajstić information content (AvgIpc) is 2.92. The second-order valence-corrected chi connectivity index (χ2v) is 7.34. The lowest BCUT2D eigenvalue weighted by molar-refractivity contribution is -0.135. The molecule has 0 aliphatic carbocycles. The lowest BCUT2D eigenvalue weighted by Gasteiger charge is -2.22. The van der Waals surface area contributed by atoms with E-state index in [-0.39, 0.29) is 6.04 Å². The molecule has 152 valence electrons. The van der Waals surface area contributed by atoms with E-state index < -0.39 is 35.7 Å². The fourth-order valence-electron chi connectivity index (χ4n) is 3.38. The molecule has 2 unspecified atom stereocenters. The minimum atomic E-state index is -1.34. The van der Waals surface area contributed by atoms with Crippen LogP contribution in [0.2, 0.25) is 0 Å². The molecule has 2 N–H and O–H groups in total. The van der Waals surface area contributed by atoms with Crippen molar-refractivity contribution in [3.8, 4) is 0 Å². The summed E-state index contributed by atoms with van der Waals surface area (Å²) in [6.45, 7) is 5.06. The van der Waals surface area contributed by atoms with Crippen LogP contribution in [0.3, 0.4) is 0 Å². The van der Waals surface area contributed by atoms with Gasteiger partial charge >= 0.3 is 6.03 Å². The summed E-state index contributed by atoms with van der Waals surface area (Å²) < 4.78 is 13.2. The van der Waals surface area contributed by atoms with Crippen LogP contribution < -0.4 is 10.6 Å². The summed E-state index contributed by atoms with van der Waals surface area (Å²) in [6.07, 6.45) is 0.931. The summed E-state index contributed by atoms with van der Waals surface area (Å²) >= 11 is 0. The number of benzene rings is 2. The molecule has 3 rings (SSSR count). The highest BCUT2D eigenvalue weighted by Gasteiger charge is 2.49. The highest BCUT2D eigenvalue weighted by molar-refractivity contribution is 6.09. The average molecular weight is 397 g/mol. The Balaban J connectivity index is 1.67. The molecule has 1 heterocycles. The zero-order valence-electron chi connectivity index (χ0n) is 16.7. The van der Waals surface area contributed by atoms with Crippen LogP contribution in [0.4, 0.5) is 9.18 Å². The predicted molar refractivity (Wildman–Crippen MR) is 106 cm³/mol. The number of hydrogen-bond donors (Lipinski definition) is 2. The molecule has 2 aromatic rings. The lowest BCUT2D eigenvalue weighted by atomic mass is 9.92. The van der Waals surface area contributed by atoms with Gasteiger partial charge in [-0.05, 0) is 49.1 Å². The molecule has 2 aromatic carbocycles. The van der Waals surface area contributed by atoms with Crippen LogP contribution in [0.1, 0.15) is 43.5 Å². The molecule has 29 heavy (non-hydrogen) atoms. The van der Waals surface area contributed by atoms with Crippen LogP contribution in [0.15, 0.2) is 48.5 Å². The van der Waals surface area contributed by atoms with Gasteiger partial charge in [-0.3, -0.25) is 14.5 Å². The zero-order chi connectivity index (χ0) is 21.2. The van der Waals surface area contributed by atoms with E-state index in [1.807, 2.05) is 31.2 Å². The summed E-state index contributed by atoms with van der Waals surface area (Å²) in [5.74, 6) is -1.43. The maximum atomic E-state index is 13.2. The van der Waals surface area contributed by atoms with Crippen molar-refractivity contribution in [1.29, 1.82) is 0 Å². The van der Waals surface area contributed by atoms with Gasteiger partial charge in [0.1, 0.15) is 17.9 Å². The van der Waals surface area contributed by atoms with Crippen molar-refractivity contribution in [2.45, 2.75) is 38.8 Å². The van der Waals surface area contributed by atoms with Gasteiger partial charge in [0.2, 0.25) is 5.91 Å². The SMILES string of the molecule is CCc1ccc(C(C)NC(=O)CN2C(=O)NC(C)(c3ccc(F)cc3)C2=O)cc1. The van der Waals surface area contributed by atoms with E-state index in [0.717, 1.165) is 16.9 Å². The van der Waals surface area contributed by atoms with E-state index in [2.05, 4.69) is 17.6 Å². The van der Waals surface area contributed by atoms with Gasteiger partial charge in [0.05, 0.1) is 6.04 Å². The Kier molecular flexibility index (Phi) is 5.68. The number of carbonyl (C=O) groups is 3. The molecule has 0 radical (unpaired) electrons. The van der Waals surface area contributed by atoms with Crippen molar-refractivity contribution < 1.29 is 18.8 Å². The molecular formula is C22H24FN3O3. The number of hydrogen-bond acceptors (Lipinski definition) is 3. The van der Waals surface area contributed by atoms with Gasteiger partial charge in [0.15, 0.2) is 0 Å². The van der Waals surface area contributed by atoms with Gasteiger partial charge in [-0.1, -0.05) is 43.3 Å². The van der Waals surface area contributed by atoms with Gasteiger partial charge in [-0.15, -0.1) is 0 Å². The monoisotopic (exact) mass is 397 g/mol. The van der Waals surface area contributed by atoms with Gasteiger partial charge in [-0.2, -0.15) is 0 Å². The van der Waals surface area contributed by atoms with Crippen LogP contribution in [-0.2, 0) is 21.5 Å². The molecule has 0 bridgehead atoms. The van der Waals surface area contributed by atoms with Crippen LogP contribution >= 0.6 is 0 Å². The topological polar surface area (TPSA) is 78.5 Å². The number of halogens is 1. The molecular weight excluding hydrogens is 373 g/mol. The number of nitrogens with zero attached hydrogens (tertiary/aromatic N) is 1. The van der Waals surface area contributed by atoms with Crippen LogP contribution in [-0.4, -0.2) is 29.3 Å². The molecule has 1 aliphatic heterocycles. The van der Waals surface area contributed by atoms with Crippen LogP contribution in [0.5, 0.6) is 0 Å². The first kappa shape index (κ1) is 20.5. The number of urea groups is 1. The van der Waals surface area contributed by atoms with Crippen molar-refractivity contribution in [2.24, 2.45) is 0 Å². The normalized spacial score (nSPS) is 19.8. The quantitative estimate of drug-likeness (QED) is 0.736. The first-order valence-electron chi connectivity index (χ1n) is 9.53. The first-order valence-corrected chi connectivity index (χ1v) is 9.53. The fourth-order valence-corrected chi connectivity index (χ4v) is 3.38. The number of aryl methyl sites for hydroxylation is 1. The molecule has 1 aliphatic rings. The van der Waals surface area contributed by atoms with Crippen molar-refractivity contribution in [1.82, 2.24) is 15.5 Å². The Morgan fingerprint density at radius 2 is 1.76 bits per heavy atom. The number of rotatable bonds is 6. The molecule has 7 heteroatoms. The summed E-state index contributed by atoms with van der Waals surface area (Å²) in [5.41, 5.74) is 1.24. The molecule has 0 aromatic heterocycles. The van der Waals surface area contributed by atoms with Crippen LogP contribution in [0, 0.1) is 5.82 Å². The minimum absolute atomic E-state index is 0.266. The Hall–Kier alpha value is -3.22. The lowest BCUT2D eigenvalue weighted by Crippen LogP contribution is -2.43. The third-order valence-corrected chi connectivity index (χ3v) is 5.26. The third kappa shape index (κ3) is 4.13. The smallest absolute Gasteiger partial charge is 0.325 e. The summed E-state index contributed by atoms with van der Waals surface area (Å²) in [4.78, 5) is 38.5. The number of nitrogens with one attached hydrogen (secondary N) is 2. The maximum absolute atomic E-state index is 13.2. The van der Waals surface area contributed by atoms with E-state index in [1.165, 1.54) is 36.8 Å². The molecule has 1 fully saturated rings. The van der Waals surface area contributed by atoms with Crippen molar-refractivity contribution in [2.75, 3.05) is 6.54 Å². The number of imide groups is 1. The van der Waals surface area contributed by atoms with Crippen LogP contribution in [0.25, 0.3) is 0 Å². The Labute approximate surface area is 169 Å². The standard InChI is InChI=1S/C22H24FN3O3/c1-4-15-5-7-16(8-6-15)14(2)24-19(27)13-26-20(28)22(3,25-21(26)29)17-9-11-18(23)12-10-17/h5-12,14H,4,13H2,1-3H3,(H,24,27)(H,25,29). The highest BCUT2D eigenvalue weighted by Crippen LogP contribution is 2.28. The highest BCUT2D eigenvalue weighted by atomic mass is 19.1. The van der Waals surface area contributed by atoms with Crippen molar-refractivity contribution in [3.05, 3.63) is 71.0 Å². The second kappa shape index (κ2) is 8.03. The molecule has 0 saturated carbocycles. The Bertz CT molecular complexity index is 927. The van der Waals surface area contributed by atoms with Crippen molar-refractivity contribution >= 4 is 17.8 Å². The molecule has 0 spiro atoms. The van der Waals surface area contributed by atoms with Gasteiger partial charge < -0.3 is 10.6 Å². The van der Waals surface area contributed by atoms with Crippen molar-refractivity contribution in [3.63, 3.8) is 0 Å². The summed E-state index contributed by atoms with van der Waals surface area (Å²) in [7, 11) is 0. The Morgan fingerprint density at radius 1 is 1.14 bits per heavy atom. The molecule has 6 nitrogen and oxygen atoms in total. The number of amides is 4. The molecule has 2 atom stereocenters. The zero-order valence-corrected chi connectivity index (χ0v) is 16.7. The maximum Gasteiger partial charge on any atom is 0.325 e. The van der Waals surface area contributed by atoms with Gasteiger partial charge in [-0.25, -0.2) is 9.18 Å². The van der Waals surface area contributed by atoms with Gasteiger partial charge in [0, 0.05) is 0 Å². The van der Waals surface area contributed by atoms with E-state index in [1.54, 1.807) is 0 Å². The van der Waals surface area contributed by atoms with Gasteiger partial charge in [0.25, 0.3) is 5.91 Å². The van der Waals surface area contributed by atoms with E-state index in [0.29, 0.717) is 5.56 Å². The van der Waals surface area contributed by atoms with E-state index in [9.17, 15) is 18.8 Å². The molecule has 1 saturated heterocycles. The second-order valence-electron chi connectivity index (χ2n) is 7.34. The van der Waals surface area contributed by atoms with E-state index in [4.69, 9.17) is 0 Å². The minimum Gasteiger partial charge on any atom is -0.348 e. The third-order valence-electron chi connectivity index (χ3n) is 5.26. The molecule has 4 amide bonds. The Morgan fingerprint density at radius 3 is 2.34 bits per heavy atom. The van der Waals surface area contributed by atoms with E-state index >= 15 is 0 Å². The predicted octanol–water partition coefficient (Wildman–Crippen LogP) is 3.03. The number of carbonyl (C=O) groups excluding carboxylic acids is 3. The fraction of sp³-hybridized carbons (Fsp3) is 0.318.